The van der Waals surface area contributed by atoms with E-state index >= 15 is 0 Å². The maximum Gasteiger partial charge on any atom is 0.329 e. The molecule has 4 aliphatic rings. The van der Waals surface area contributed by atoms with Crippen LogP contribution >= 0.6 is 0 Å². The third kappa shape index (κ3) is 2.82. The highest BCUT2D eigenvalue weighted by molar-refractivity contribution is 5.84. The van der Waals surface area contributed by atoms with Crippen molar-refractivity contribution < 1.29 is 14.3 Å². The summed E-state index contributed by atoms with van der Waals surface area (Å²) in [6, 6.07) is -0.740. The highest BCUT2D eigenvalue weighted by Gasteiger charge is 2.56. The Hall–Kier alpha value is -1.26. The monoisotopic (exact) mass is 308 g/mol. The quantitative estimate of drug-likeness (QED) is 0.767. The number of nitrogens with one attached hydrogen (secondary N) is 2. The van der Waals surface area contributed by atoms with Crippen LogP contribution in [0.5, 0.6) is 0 Å². The fourth-order valence-corrected chi connectivity index (χ4v) is 5.53. The van der Waals surface area contributed by atoms with Crippen molar-refractivity contribution in [1.29, 1.82) is 0 Å². The van der Waals surface area contributed by atoms with Crippen molar-refractivity contribution in [2.75, 3.05) is 13.7 Å². The Morgan fingerprint density at radius 2 is 1.68 bits per heavy atom. The van der Waals surface area contributed by atoms with Gasteiger partial charge in [-0.15, -0.1) is 0 Å². The molecule has 4 saturated carbocycles. The lowest BCUT2D eigenvalue weighted by atomic mass is 9.47. The molecule has 2 N–H and O–H groups in total. The maximum atomic E-state index is 12.4. The third-order valence-corrected chi connectivity index (χ3v) is 5.95. The Balaban J connectivity index is 1.77. The molecule has 5 nitrogen and oxygen atoms in total. The van der Waals surface area contributed by atoms with Crippen LogP contribution in [-0.2, 0) is 9.53 Å². The second kappa shape index (κ2) is 6.09. The lowest BCUT2D eigenvalue weighted by molar-refractivity contribution is -0.154. The molecule has 5 heteroatoms. The molecule has 0 aromatic rings. The molecule has 4 fully saturated rings. The zero-order valence-corrected chi connectivity index (χ0v) is 13.7. The molecule has 0 radical (unpaired) electrons. The topological polar surface area (TPSA) is 67.4 Å². The zero-order valence-electron chi connectivity index (χ0n) is 13.7. The number of amides is 2. The molecule has 4 rings (SSSR count). The minimum Gasteiger partial charge on any atom is -0.467 e. The Morgan fingerprint density at radius 1 is 1.14 bits per heavy atom. The van der Waals surface area contributed by atoms with Gasteiger partial charge in [0.25, 0.3) is 0 Å². The van der Waals surface area contributed by atoms with Crippen molar-refractivity contribution in [3.63, 3.8) is 0 Å². The summed E-state index contributed by atoms with van der Waals surface area (Å²) in [4.78, 5) is 24.5. The number of hydrogen-bond donors (Lipinski definition) is 2. The number of esters is 1. The standard InChI is InChI=1S/C17H28N2O3/c1-3-4-18-16(21)19-14(15(20)22-2)17-8-11-5-12(9-17)7-13(6-11)10-17/h11-14H,3-10H2,1-2H3,(H2,18,19,21)/t11?,12?,13?,14-,17?/m0/s1. The highest BCUT2D eigenvalue weighted by atomic mass is 16.5. The molecule has 0 heterocycles. The largest absolute Gasteiger partial charge is 0.467 e. The molecule has 1 atom stereocenters. The van der Waals surface area contributed by atoms with Gasteiger partial charge in [-0.05, 0) is 62.7 Å². The Morgan fingerprint density at radius 3 is 2.14 bits per heavy atom. The average molecular weight is 308 g/mol. The number of methoxy groups -OCH3 is 1. The van der Waals surface area contributed by atoms with E-state index in [2.05, 4.69) is 10.6 Å². The first-order valence-corrected chi connectivity index (χ1v) is 8.68. The minimum absolute atomic E-state index is 0.0780. The van der Waals surface area contributed by atoms with Gasteiger partial charge in [-0.25, -0.2) is 9.59 Å². The first kappa shape index (κ1) is 15.6. The van der Waals surface area contributed by atoms with Crippen LogP contribution in [0.15, 0.2) is 0 Å². The van der Waals surface area contributed by atoms with Crippen LogP contribution in [-0.4, -0.2) is 31.7 Å². The predicted octanol–water partition coefficient (Wildman–Crippen LogP) is 2.45. The molecular weight excluding hydrogens is 280 g/mol. The molecule has 2 amide bonds. The van der Waals surface area contributed by atoms with Gasteiger partial charge in [0.05, 0.1) is 7.11 Å². The Bertz CT molecular complexity index is 414. The zero-order chi connectivity index (χ0) is 15.7. The molecule has 124 valence electrons. The van der Waals surface area contributed by atoms with Gasteiger partial charge in [-0.3, -0.25) is 0 Å². The van der Waals surface area contributed by atoms with Crippen molar-refractivity contribution in [2.24, 2.45) is 23.2 Å². The van der Waals surface area contributed by atoms with Crippen molar-refractivity contribution in [3.05, 3.63) is 0 Å². The van der Waals surface area contributed by atoms with Gasteiger partial charge in [0.1, 0.15) is 6.04 Å². The van der Waals surface area contributed by atoms with Crippen molar-refractivity contribution in [2.45, 2.75) is 57.9 Å². The minimum atomic E-state index is -0.497. The second-order valence-corrected chi connectivity index (χ2v) is 7.64. The molecule has 0 unspecified atom stereocenters. The smallest absolute Gasteiger partial charge is 0.329 e. The van der Waals surface area contributed by atoms with E-state index in [9.17, 15) is 9.59 Å². The number of carbonyl (C=O) groups is 2. The van der Waals surface area contributed by atoms with Gasteiger partial charge >= 0.3 is 12.0 Å². The fourth-order valence-electron chi connectivity index (χ4n) is 5.53. The van der Waals surface area contributed by atoms with Crippen LogP contribution in [0.1, 0.15) is 51.9 Å². The third-order valence-electron chi connectivity index (χ3n) is 5.95. The predicted molar refractivity (Wildman–Crippen MR) is 83.2 cm³/mol. The summed E-state index contributed by atoms with van der Waals surface area (Å²) in [6.07, 6.45) is 8.01. The molecule has 0 saturated heterocycles. The highest BCUT2D eigenvalue weighted by Crippen LogP contribution is 2.61. The Kier molecular flexibility index (Phi) is 4.33. The number of urea groups is 1. The van der Waals surface area contributed by atoms with E-state index in [4.69, 9.17) is 4.74 Å². The van der Waals surface area contributed by atoms with Gasteiger partial charge in [0.15, 0.2) is 0 Å². The van der Waals surface area contributed by atoms with E-state index < -0.39 is 6.04 Å². The van der Waals surface area contributed by atoms with Crippen LogP contribution in [0.3, 0.4) is 0 Å². The molecule has 0 aliphatic heterocycles. The molecular formula is C17H28N2O3. The number of hydrogen-bond acceptors (Lipinski definition) is 3. The van der Waals surface area contributed by atoms with E-state index in [0.29, 0.717) is 6.54 Å². The van der Waals surface area contributed by atoms with E-state index in [-0.39, 0.29) is 17.4 Å². The van der Waals surface area contributed by atoms with E-state index in [0.717, 1.165) is 43.4 Å². The van der Waals surface area contributed by atoms with Gasteiger partial charge in [-0.2, -0.15) is 0 Å². The summed E-state index contributed by atoms with van der Waals surface area (Å²) < 4.78 is 5.03. The van der Waals surface area contributed by atoms with E-state index in [1.54, 1.807) is 0 Å². The summed E-state index contributed by atoms with van der Waals surface area (Å²) in [5.41, 5.74) is -0.0780. The van der Waals surface area contributed by atoms with Crippen LogP contribution in [0.25, 0.3) is 0 Å². The summed E-state index contributed by atoms with van der Waals surface area (Å²) in [5.74, 6) is 1.92. The second-order valence-electron chi connectivity index (χ2n) is 7.64. The van der Waals surface area contributed by atoms with Crippen LogP contribution in [0, 0.1) is 23.2 Å². The normalized spacial score (nSPS) is 36.7. The van der Waals surface area contributed by atoms with Gasteiger partial charge in [-0.1, -0.05) is 6.92 Å². The lowest BCUT2D eigenvalue weighted by Crippen LogP contribution is -2.61. The van der Waals surface area contributed by atoms with Gasteiger partial charge in [0, 0.05) is 12.0 Å². The van der Waals surface area contributed by atoms with Crippen LogP contribution in [0.2, 0.25) is 0 Å². The fraction of sp³-hybridized carbons (Fsp3) is 0.882. The SMILES string of the molecule is CCCNC(=O)N[C@@H](C(=O)OC)C12CC3CC(CC(C3)C1)C2. The molecule has 0 aromatic carbocycles. The summed E-state index contributed by atoms with van der Waals surface area (Å²) in [7, 11) is 1.42. The molecule has 4 aliphatic carbocycles. The van der Waals surface area contributed by atoms with E-state index in [1.165, 1.54) is 26.4 Å². The number of carbonyl (C=O) groups excluding carboxylic acids is 2. The first-order chi connectivity index (χ1) is 10.6. The van der Waals surface area contributed by atoms with Crippen molar-refractivity contribution in [3.8, 4) is 0 Å². The van der Waals surface area contributed by atoms with Crippen molar-refractivity contribution in [1.82, 2.24) is 10.6 Å². The van der Waals surface area contributed by atoms with Crippen molar-refractivity contribution >= 4 is 12.0 Å². The number of rotatable bonds is 5. The van der Waals surface area contributed by atoms with Gasteiger partial charge in [0.2, 0.25) is 0 Å². The van der Waals surface area contributed by atoms with Crippen LogP contribution < -0.4 is 10.6 Å². The molecule has 0 aromatic heterocycles. The maximum absolute atomic E-state index is 12.4. The molecule has 4 bridgehead atoms. The average Bonchev–Trinajstić information content (AvgIpc) is 2.48. The molecule has 22 heavy (non-hydrogen) atoms. The lowest BCUT2D eigenvalue weighted by Gasteiger charge is -2.58. The number of ether oxygens (including phenoxy) is 1. The Labute approximate surface area is 132 Å². The van der Waals surface area contributed by atoms with Crippen LogP contribution in [0.4, 0.5) is 4.79 Å². The summed E-state index contributed by atoms with van der Waals surface area (Å²) in [6.45, 7) is 2.64. The summed E-state index contributed by atoms with van der Waals surface area (Å²) >= 11 is 0. The molecule has 0 spiro atoms. The first-order valence-electron chi connectivity index (χ1n) is 8.68. The summed E-state index contributed by atoms with van der Waals surface area (Å²) in [5, 5.41) is 5.75. The van der Waals surface area contributed by atoms with E-state index in [1.807, 2.05) is 6.92 Å². The van der Waals surface area contributed by atoms with Gasteiger partial charge < -0.3 is 15.4 Å².